The van der Waals surface area contributed by atoms with Crippen molar-refractivity contribution in [3.05, 3.63) is 10.2 Å². The number of aliphatic hydroxyl groups excluding tert-OH is 1. The first-order valence-corrected chi connectivity index (χ1v) is 7.58. The quantitative estimate of drug-likeness (QED) is 0.596. The summed E-state index contributed by atoms with van der Waals surface area (Å²) in [6.45, 7) is 3.13. The maximum absolute atomic E-state index is 11.1. The molecular weight excluding hydrogens is 345 g/mol. The van der Waals surface area contributed by atoms with Crippen LogP contribution in [0.5, 0.6) is 0 Å². The number of carbonyl (C=O) groups is 1. The molecule has 0 spiro atoms. The average Bonchev–Trinajstić information content (AvgIpc) is 2.31. The maximum atomic E-state index is 11.1. The van der Waals surface area contributed by atoms with E-state index in [1.165, 1.54) is 6.92 Å². The number of aliphatic hydroxyl groups is 1. The number of halogens is 1. The highest BCUT2D eigenvalue weighted by Gasteiger charge is 2.34. The predicted molar refractivity (Wildman–Crippen MR) is 79.6 cm³/mol. The summed E-state index contributed by atoms with van der Waals surface area (Å²) in [4.78, 5) is 13.3. The molecule has 4 nitrogen and oxygen atoms in total. The molecule has 1 aliphatic rings. The molecule has 104 valence electrons. The second-order valence-corrected chi connectivity index (χ2v) is 5.59. The Kier molecular flexibility index (Phi) is 7.18. The van der Waals surface area contributed by atoms with Crippen molar-refractivity contribution in [2.24, 2.45) is 5.92 Å². The Labute approximate surface area is 123 Å². The molecule has 3 unspecified atom stereocenters. The van der Waals surface area contributed by atoms with Crippen LogP contribution in [0.1, 0.15) is 26.2 Å². The fraction of sp³-hybridized carbons (Fsp3) is 0.769. The highest BCUT2D eigenvalue weighted by molar-refractivity contribution is 14.1. The van der Waals surface area contributed by atoms with Crippen molar-refractivity contribution >= 4 is 28.6 Å². The number of rotatable bonds is 5. The zero-order chi connectivity index (χ0) is 13.5. The minimum absolute atomic E-state index is 0.0234. The van der Waals surface area contributed by atoms with Crippen molar-refractivity contribution < 1.29 is 14.6 Å². The van der Waals surface area contributed by atoms with Gasteiger partial charge in [0.2, 0.25) is 0 Å². The van der Waals surface area contributed by atoms with Crippen molar-refractivity contribution in [3.8, 4) is 0 Å². The molecule has 5 heteroatoms. The van der Waals surface area contributed by atoms with Gasteiger partial charge in [0.05, 0.1) is 6.10 Å². The van der Waals surface area contributed by atoms with Crippen LogP contribution in [0, 0.1) is 5.92 Å². The highest BCUT2D eigenvalue weighted by atomic mass is 127. The van der Waals surface area contributed by atoms with Gasteiger partial charge >= 0.3 is 5.97 Å². The number of likely N-dealkylation sites (tertiary alicyclic amines) is 1. The molecule has 1 aliphatic heterocycles. The first-order chi connectivity index (χ1) is 8.54. The molecule has 0 aliphatic carbocycles. The van der Waals surface area contributed by atoms with E-state index >= 15 is 0 Å². The van der Waals surface area contributed by atoms with Gasteiger partial charge < -0.3 is 14.7 Å². The zero-order valence-electron chi connectivity index (χ0n) is 11.0. The molecule has 3 atom stereocenters. The van der Waals surface area contributed by atoms with Crippen molar-refractivity contribution in [3.63, 3.8) is 0 Å². The predicted octanol–water partition coefficient (Wildman–Crippen LogP) is 1.96. The van der Waals surface area contributed by atoms with Gasteiger partial charge in [0.25, 0.3) is 0 Å². The third-order valence-corrected chi connectivity index (χ3v) is 3.83. The van der Waals surface area contributed by atoms with Crippen LogP contribution in [0.25, 0.3) is 0 Å². The van der Waals surface area contributed by atoms with Gasteiger partial charge in [0.15, 0.2) is 0 Å². The third-order valence-electron chi connectivity index (χ3n) is 3.33. The molecule has 0 aromatic carbocycles. The lowest BCUT2D eigenvalue weighted by molar-refractivity contribution is -0.155. The van der Waals surface area contributed by atoms with E-state index in [1.54, 1.807) is 0 Å². The van der Waals surface area contributed by atoms with Crippen LogP contribution in [-0.2, 0) is 9.53 Å². The number of allylic oxidation sites excluding steroid dienone is 1. The number of nitrogens with zero attached hydrogens (tertiary/aromatic N) is 1. The van der Waals surface area contributed by atoms with E-state index in [1.807, 2.05) is 17.2 Å². The summed E-state index contributed by atoms with van der Waals surface area (Å²) in [6, 6.07) is 0. The Hall–Kier alpha value is -0.140. The lowest BCUT2D eigenvalue weighted by Crippen LogP contribution is -2.48. The molecule has 0 aromatic rings. The Morgan fingerprint density at radius 3 is 3.00 bits per heavy atom. The van der Waals surface area contributed by atoms with Gasteiger partial charge in [-0.05, 0) is 30.4 Å². The maximum Gasteiger partial charge on any atom is 0.302 e. The Balaban J connectivity index is 2.56. The number of esters is 1. The standard InChI is InChI=1S/C13H22INO3/c1-10(16)18-13-6-8-15(2)9-11(13)12(17)5-3-4-7-14/h4,7,11-13,17H,3,5-6,8-9H2,1-2H3/b7-4-. The third kappa shape index (κ3) is 5.24. The van der Waals surface area contributed by atoms with Crippen molar-refractivity contribution in [2.75, 3.05) is 20.1 Å². The summed E-state index contributed by atoms with van der Waals surface area (Å²) in [7, 11) is 2.04. The normalized spacial score (nSPS) is 27.3. The second kappa shape index (κ2) is 8.12. The number of hydrogen-bond donors (Lipinski definition) is 1. The van der Waals surface area contributed by atoms with E-state index in [4.69, 9.17) is 4.74 Å². The van der Waals surface area contributed by atoms with Gasteiger partial charge in [0.1, 0.15) is 6.10 Å². The Bertz CT molecular complexity index is 296. The number of hydrogen-bond acceptors (Lipinski definition) is 4. The van der Waals surface area contributed by atoms with Gasteiger partial charge in [-0.25, -0.2) is 0 Å². The van der Waals surface area contributed by atoms with Crippen LogP contribution in [-0.4, -0.2) is 48.3 Å². The molecule has 1 saturated heterocycles. The van der Waals surface area contributed by atoms with Gasteiger partial charge in [-0.1, -0.05) is 28.7 Å². The number of ether oxygens (including phenoxy) is 1. The molecule has 1 rings (SSSR count). The molecule has 0 bridgehead atoms. The van der Waals surface area contributed by atoms with Crippen LogP contribution >= 0.6 is 22.6 Å². The smallest absolute Gasteiger partial charge is 0.302 e. The topological polar surface area (TPSA) is 49.8 Å². The summed E-state index contributed by atoms with van der Waals surface area (Å²) in [5, 5.41) is 10.2. The molecule has 0 radical (unpaired) electrons. The van der Waals surface area contributed by atoms with Gasteiger partial charge in [0, 0.05) is 25.9 Å². The Morgan fingerprint density at radius 2 is 2.39 bits per heavy atom. The monoisotopic (exact) mass is 367 g/mol. The molecule has 1 N–H and O–H groups in total. The average molecular weight is 367 g/mol. The summed E-state index contributed by atoms with van der Waals surface area (Å²) in [6.07, 6.45) is 3.87. The van der Waals surface area contributed by atoms with E-state index in [-0.39, 0.29) is 18.0 Å². The van der Waals surface area contributed by atoms with Gasteiger partial charge in [-0.2, -0.15) is 0 Å². The van der Waals surface area contributed by atoms with Gasteiger partial charge in [-0.15, -0.1) is 0 Å². The first kappa shape index (κ1) is 15.9. The van der Waals surface area contributed by atoms with E-state index in [0.717, 1.165) is 32.4 Å². The lowest BCUT2D eigenvalue weighted by atomic mass is 9.87. The molecule has 0 saturated carbocycles. The number of carbonyl (C=O) groups excluding carboxylic acids is 1. The van der Waals surface area contributed by atoms with Crippen LogP contribution in [0.3, 0.4) is 0 Å². The fourth-order valence-electron chi connectivity index (χ4n) is 2.40. The zero-order valence-corrected chi connectivity index (χ0v) is 13.2. The first-order valence-electron chi connectivity index (χ1n) is 6.33. The fourth-order valence-corrected chi connectivity index (χ4v) is 2.76. The molecule has 0 aromatic heterocycles. The summed E-state index contributed by atoms with van der Waals surface area (Å²) < 4.78 is 7.29. The summed E-state index contributed by atoms with van der Waals surface area (Å²) in [5.74, 6) is -0.232. The molecule has 1 heterocycles. The second-order valence-electron chi connectivity index (χ2n) is 4.87. The van der Waals surface area contributed by atoms with E-state index in [9.17, 15) is 9.90 Å². The largest absolute Gasteiger partial charge is 0.462 e. The molecule has 1 fully saturated rings. The number of piperidine rings is 1. The minimum Gasteiger partial charge on any atom is -0.462 e. The molecule has 18 heavy (non-hydrogen) atoms. The van der Waals surface area contributed by atoms with Crippen LogP contribution in [0.4, 0.5) is 0 Å². The van der Waals surface area contributed by atoms with E-state index < -0.39 is 6.10 Å². The summed E-state index contributed by atoms with van der Waals surface area (Å²) >= 11 is 2.17. The SMILES string of the molecule is CC(=O)OC1CCN(C)CC1C(O)CC/C=C\I. The van der Waals surface area contributed by atoms with Crippen molar-refractivity contribution in [1.82, 2.24) is 4.90 Å². The highest BCUT2D eigenvalue weighted by Crippen LogP contribution is 2.25. The Morgan fingerprint density at radius 1 is 1.67 bits per heavy atom. The minimum atomic E-state index is -0.412. The van der Waals surface area contributed by atoms with Crippen LogP contribution in [0.15, 0.2) is 10.2 Å². The molecular formula is C13H22INO3. The summed E-state index contributed by atoms with van der Waals surface area (Å²) in [5.41, 5.74) is 0. The van der Waals surface area contributed by atoms with Gasteiger partial charge in [-0.3, -0.25) is 4.79 Å². The van der Waals surface area contributed by atoms with Crippen LogP contribution < -0.4 is 0 Å². The van der Waals surface area contributed by atoms with Crippen LogP contribution in [0.2, 0.25) is 0 Å². The van der Waals surface area contributed by atoms with E-state index in [0.29, 0.717) is 0 Å². The lowest BCUT2D eigenvalue weighted by Gasteiger charge is -2.38. The van der Waals surface area contributed by atoms with Crippen molar-refractivity contribution in [1.29, 1.82) is 0 Å². The van der Waals surface area contributed by atoms with Crippen molar-refractivity contribution in [2.45, 2.75) is 38.4 Å². The van der Waals surface area contributed by atoms with E-state index in [2.05, 4.69) is 27.5 Å². The molecule has 0 amide bonds.